The van der Waals surface area contributed by atoms with Gasteiger partial charge in [-0.2, -0.15) is 0 Å². The van der Waals surface area contributed by atoms with Gasteiger partial charge in [-0.05, 0) is 40.9 Å². The molecule has 18 heavy (non-hydrogen) atoms. The molecular formula is C13H13Br2N3. The Balaban J connectivity index is 2.11. The normalized spacial score (nSPS) is 19.7. The second-order valence-corrected chi connectivity index (χ2v) is 6.06. The fourth-order valence-corrected chi connectivity index (χ4v) is 3.53. The Labute approximate surface area is 123 Å². The van der Waals surface area contributed by atoms with E-state index in [1.54, 1.807) is 0 Å². The molecule has 0 radical (unpaired) electrons. The number of hydrogen-bond acceptors (Lipinski definition) is 3. The summed E-state index contributed by atoms with van der Waals surface area (Å²) in [5, 5.41) is 1.01. The standard InChI is InChI=1S/C13H13Br2N3/c14-7-10-2-1-5-18(10)12-3-4-16-11-6-9(15)8-17-13(11)12/h3-4,6,8,10H,1-2,5,7H2. The number of alkyl halides is 1. The SMILES string of the molecule is BrCC1CCCN1c1ccnc2cc(Br)cnc12. The number of hydrogen-bond donors (Lipinski definition) is 0. The van der Waals surface area contributed by atoms with Gasteiger partial charge in [0.15, 0.2) is 0 Å². The lowest BCUT2D eigenvalue weighted by atomic mass is 10.2. The Morgan fingerprint density at radius 3 is 3.11 bits per heavy atom. The molecule has 0 amide bonds. The summed E-state index contributed by atoms with van der Waals surface area (Å²) in [5.74, 6) is 0. The number of nitrogens with zero attached hydrogens (tertiary/aromatic N) is 3. The molecule has 3 nitrogen and oxygen atoms in total. The topological polar surface area (TPSA) is 29.0 Å². The molecule has 94 valence electrons. The lowest BCUT2D eigenvalue weighted by Crippen LogP contribution is -2.30. The van der Waals surface area contributed by atoms with Gasteiger partial charge in [-0.25, -0.2) is 0 Å². The molecule has 0 spiro atoms. The average Bonchev–Trinajstić information content (AvgIpc) is 2.85. The molecule has 0 saturated carbocycles. The molecule has 2 aromatic rings. The highest BCUT2D eigenvalue weighted by molar-refractivity contribution is 9.10. The van der Waals surface area contributed by atoms with Gasteiger partial charge in [0, 0.05) is 34.8 Å². The maximum Gasteiger partial charge on any atom is 0.112 e. The molecule has 3 heterocycles. The summed E-state index contributed by atoms with van der Waals surface area (Å²) in [6.45, 7) is 1.10. The predicted molar refractivity (Wildman–Crippen MR) is 81.4 cm³/mol. The summed E-state index contributed by atoms with van der Waals surface area (Å²) in [7, 11) is 0. The van der Waals surface area contributed by atoms with Crippen molar-refractivity contribution in [2.45, 2.75) is 18.9 Å². The zero-order chi connectivity index (χ0) is 12.5. The van der Waals surface area contributed by atoms with Crippen LogP contribution in [-0.4, -0.2) is 27.9 Å². The maximum absolute atomic E-state index is 4.53. The van der Waals surface area contributed by atoms with E-state index in [0.29, 0.717) is 6.04 Å². The van der Waals surface area contributed by atoms with E-state index in [0.717, 1.165) is 27.4 Å². The van der Waals surface area contributed by atoms with Crippen molar-refractivity contribution >= 4 is 48.6 Å². The van der Waals surface area contributed by atoms with E-state index < -0.39 is 0 Å². The Hall–Kier alpha value is -0.680. The highest BCUT2D eigenvalue weighted by Gasteiger charge is 2.25. The first-order chi connectivity index (χ1) is 8.79. The van der Waals surface area contributed by atoms with Crippen molar-refractivity contribution in [1.29, 1.82) is 0 Å². The van der Waals surface area contributed by atoms with Crippen molar-refractivity contribution in [2.75, 3.05) is 16.8 Å². The molecular weight excluding hydrogens is 358 g/mol. The number of pyridine rings is 2. The largest absolute Gasteiger partial charge is 0.366 e. The van der Waals surface area contributed by atoms with E-state index >= 15 is 0 Å². The molecule has 1 fully saturated rings. The third-order valence-electron chi connectivity index (χ3n) is 3.39. The number of halogens is 2. The summed E-state index contributed by atoms with van der Waals surface area (Å²) in [6, 6.07) is 4.66. The van der Waals surface area contributed by atoms with Crippen molar-refractivity contribution < 1.29 is 0 Å². The highest BCUT2D eigenvalue weighted by Crippen LogP contribution is 2.31. The van der Waals surface area contributed by atoms with Gasteiger partial charge in [-0.3, -0.25) is 9.97 Å². The molecule has 0 bridgehead atoms. The van der Waals surface area contributed by atoms with Crippen molar-refractivity contribution in [3.8, 4) is 0 Å². The van der Waals surface area contributed by atoms with E-state index in [9.17, 15) is 0 Å². The molecule has 3 rings (SSSR count). The van der Waals surface area contributed by atoms with Crippen LogP contribution in [0.2, 0.25) is 0 Å². The average molecular weight is 371 g/mol. The van der Waals surface area contributed by atoms with E-state index in [-0.39, 0.29) is 0 Å². The van der Waals surface area contributed by atoms with E-state index in [1.807, 2.05) is 18.5 Å². The number of rotatable bonds is 2. The Morgan fingerprint density at radius 2 is 2.28 bits per heavy atom. The first kappa shape index (κ1) is 12.4. The molecule has 5 heteroatoms. The molecule has 1 saturated heterocycles. The Kier molecular flexibility index (Phi) is 3.52. The molecule has 2 aromatic heterocycles. The van der Waals surface area contributed by atoms with Gasteiger partial charge in [0.1, 0.15) is 5.52 Å². The van der Waals surface area contributed by atoms with Crippen LogP contribution in [0.4, 0.5) is 5.69 Å². The van der Waals surface area contributed by atoms with Crippen molar-refractivity contribution in [2.24, 2.45) is 0 Å². The minimum atomic E-state index is 0.570. The third kappa shape index (κ3) is 2.14. The summed E-state index contributed by atoms with van der Waals surface area (Å²) >= 11 is 7.05. The van der Waals surface area contributed by atoms with E-state index in [4.69, 9.17) is 0 Å². The third-order valence-corrected chi connectivity index (χ3v) is 4.57. The predicted octanol–water partition coefficient (Wildman–Crippen LogP) is 3.76. The number of aromatic nitrogens is 2. The molecule has 0 N–H and O–H groups in total. The zero-order valence-corrected chi connectivity index (χ0v) is 13.0. The molecule has 1 atom stereocenters. The van der Waals surface area contributed by atoms with Gasteiger partial charge >= 0.3 is 0 Å². The van der Waals surface area contributed by atoms with Crippen molar-refractivity contribution in [3.05, 3.63) is 29.0 Å². The quantitative estimate of drug-likeness (QED) is 0.753. The fraction of sp³-hybridized carbons (Fsp3) is 0.385. The van der Waals surface area contributed by atoms with E-state index in [2.05, 4.69) is 52.8 Å². The van der Waals surface area contributed by atoms with Gasteiger partial charge in [-0.15, -0.1) is 0 Å². The zero-order valence-electron chi connectivity index (χ0n) is 9.81. The maximum atomic E-state index is 4.53. The van der Waals surface area contributed by atoms with Gasteiger partial charge in [0.05, 0.1) is 11.2 Å². The summed E-state index contributed by atoms with van der Waals surface area (Å²) in [4.78, 5) is 11.4. The molecule has 0 aromatic carbocycles. The smallest absolute Gasteiger partial charge is 0.112 e. The van der Waals surface area contributed by atoms with Crippen LogP contribution in [-0.2, 0) is 0 Å². The first-order valence-corrected chi connectivity index (χ1v) is 7.94. The van der Waals surface area contributed by atoms with Crippen LogP contribution in [0, 0.1) is 0 Å². The van der Waals surface area contributed by atoms with Gasteiger partial charge in [-0.1, -0.05) is 15.9 Å². The first-order valence-electron chi connectivity index (χ1n) is 6.02. The monoisotopic (exact) mass is 369 g/mol. The fourth-order valence-electron chi connectivity index (χ4n) is 2.54. The summed E-state index contributed by atoms with van der Waals surface area (Å²) in [5.41, 5.74) is 3.14. The Bertz CT molecular complexity index is 573. The molecule has 0 aliphatic carbocycles. The molecule has 1 aliphatic rings. The van der Waals surface area contributed by atoms with Crippen molar-refractivity contribution in [1.82, 2.24) is 9.97 Å². The van der Waals surface area contributed by atoms with Crippen molar-refractivity contribution in [3.63, 3.8) is 0 Å². The number of anilines is 1. The van der Waals surface area contributed by atoms with Crippen LogP contribution in [0.3, 0.4) is 0 Å². The second kappa shape index (κ2) is 5.13. The van der Waals surface area contributed by atoms with Crippen LogP contribution in [0.15, 0.2) is 29.0 Å². The molecule has 1 unspecified atom stereocenters. The van der Waals surface area contributed by atoms with Crippen LogP contribution in [0.5, 0.6) is 0 Å². The van der Waals surface area contributed by atoms with Crippen LogP contribution >= 0.6 is 31.9 Å². The summed E-state index contributed by atoms with van der Waals surface area (Å²) in [6.07, 6.45) is 6.20. The highest BCUT2D eigenvalue weighted by atomic mass is 79.9. The second-order valence-electron chi connectivity index (χ2n) is 4.50. The summed E-state index contributed by atoms with van der Waals surface area (Å²) < 4.78 is 0.970. The van der Waals surface area contributed by atoms with Gasteiger partial charge in [0.2, 0.25) is 0 Å². The number of fused-ring (bicyclic) bond motifs is 1. The Morgan fingerprint density at radius 1 is 1.39 bits per heavy atom. The van der Waals surface area contributed by atoms with Gasteiger partial charge in [0.25, 0.3) is 0 Å². The minimum absolute atomic E-state index is 0.570. The van der Waals surface area contributed by atoms with Crippen LogP contribution in [0.25, 0.3) is 11.0 Å². The van der Waals surface area contributed by atoms with E-state index in [1.165, 1.54) is 18.5 Å². The van der Waals surface area contributed by atoms with Crippen LogP contribution in [0.1, 0.15) is 12.8 Å². The molecule has 1 aliphatic heterocycles. The lowest BCUT2D eigenvalue weighted by Gasteiger charge is -2.25. The van der Waals surface area contributed by atoms with Crippen LogP contribution < -0.4 is 4.90 Å². The van der Waals surface area contributed by atoms with Gasteiger partial charge < -0.3 is 4.90 Å². The minimum Gasteiger partial charge on any atom is -0.366 e. The lowest BCUT2D eigenvalue weighted by molar-refractivity contribution is 0.751.